The van der Waals surface area contributed by atoms with Crippen molar-refractivity contribution in [1.82, 2.24) is 10.2 Å². The van der Waals surface area contributed by atoms with Crippen molar-refractivity contribution in [1.29, 1.82) is 0 Å². The van der Waals surface area contributed by atoms with Crippen molar-refractivity contribution >= 4 is 21.7 Å². The van der Waals surface area contributed by atoms with E-state index in [0.29, 0.717) is 21.4 Å². The number of halogens is 2. The quantitative estimate of drug-likeness (QED) is 0.823. The zero-order chi connectivity index (χ0) is 10.1. The van der Waals surface area contributed by atoms with Gasteiger partial charge < -0.3 is 5.73 Å². The molecule has 0 atom stereocenters. The Morgan fingerprint density at radius 1 is 1.43 bits per heavy atom. The molecule has 5 heteroatoms. The largest absolute Gasteiger partial charge is 0.384 e. The lowest BCUT2D eigenvalue weighted by Crippen LogP contribution is -1.90. The molecule has 1 aromatic heterocycles. The zero-order valence-corrected chi connectivity index (χ0v) is 8.68. The predicted octanol–water partition coefficient (Wildman–Crippen LogP) is 2.56. The number of aromatic nitrogens is 2. The van der Waals surface area contributed by atoms with Crippen LogP contribution >= 0.6 is 15.9 Å². The second-order valence-electron chi connectivity index (χ2n) is 2.79. The molecule has 0 fully saturated rings. The normalized spacial score (nSPS) is 10.4. The third-order valence-corrected chi connectivity index (χ3v) is 2.56. The fourth-order valence-corrected chi connectivity index (χ4v) is 1.81. The Hall–Kier alpha value is -1.36. The number of nitrogen functional groups attached to an aromatic ring is 1. The molecule has 0 saturated heterocycles. The molecule has 14 heavy (non-hydrogen) atoms. The van der Waals surface area contributed by atoms with E-state index in [-0.39, 0.29) is 5.82 Å². The van der Waals surface area contributed by atoms with Gasteiger partial charge in [0.2, 0.25) is 0 Å². The fraction of sp³-hybridized carbons (Fsp3) is 0. The van der Waals surface area contributed by atoms with Gasteiger partial charge in [-0.05, 0) is 12.1 Å². The Morgan fingerprint density at radius 3 is 2.79 bits per heavy atom. The summed E-state index contributed by atoms with van der Waals surface area (Å²) < 4.78 is 14.1. The predicted molar refractivity (Wildman–Crippen MR) is 56.1 cm³/mol. The summed E-state index contributed by atoms with van der Waals surface area (Å²) in [5.41, 5.74) is 6.60. The summed E-state index contributed by atoms with van der Waals surface area (Å²) in [6.45, 7) is 0. The van der Waals surface area contributed by atoms with Crippen molar-refractivity contribution in [2.75, 3.05) is 5.73 Å². The number of benzene rings is 1. The minimum atomic E-state index is -0.326. The van der Waals surface area contributed by atoms with Gasteiger partial charge in [0.1, 0.15) is 11.6 Å². The number of H-pyrrole nitrogens is 1. The summed E-state index contributed by atoms with van der Waals surface area (Å²) in [6.07, 6.45) is 1.50. The fourth-order valence-electron chi connectivity index (χ4n) is 1.25. The van der Waals surface area contributed by atoms with E-state index in [1.807, 2.05) is 0 Å². The topological polar surface area (TPSA) is 54.7 Å². The molecule has 1 heterocycles. The highest BCUT2D eigenvalue weighted by atomic mass is 79.9. The first kappa shape index (κ1) is 9.21. The maximum Gasteiger partial charge on any atom is 0.132 e. The molecule has 3 N–H and O–H groups in total. The van der Waals surface area contributed by atoms with E-state index < -0.39 is 0 Å². The Morgan fingerprint density at radius 2 is 2.21 bits per heavy atom. The van der Waals surface area contributed by atoms with Crippen LogP contribution < -0.4 is 5.73 Å². The third kappa shape index (κ3) is 1.39. The van der Waals surface area contributed by atoms with Gasteiger partial charge in [-0.25, -0.2) is 4.39 Å². The van der Waals surface area contributed by atoms with E-state index >= 15 is 0 Å². The lowest BCUT2D eigenvalue weighted by molar-refractivity contribution is 0.630. The molecule has 0 radical (unpaired) electrons. The first-order valence-corrected chi connectivity index (χ1v) is 4.72. The number of anilines is 1. The molecule has 1 aromatic carbocycles. The van der Waals surface area contributed by atoms with Gasteiger partial charge in [0.05, 0.1) is 6.20 Å². The Kier molecular flexibility index (Phi) is 2.25. The molecule has 0 amide bonds. The van der Waals surface area contributed by atoms with E-state index in [2.05, 4.69) is 26.1 Å². The van der Waals surface area contributed by atoms with Crippen molar-refractivity contribution in [3.63, 3.8) is 0 Å². The van der Waals surface area contributed by atoms with Crippen LogP contribution in [0, 0.1) is 5.82 Å². The van der Waals surface area contributed by atoms with E-state index in [1.165, 1.54) is 12.3 Å². The van der Waals surface area contributed by atoms with Gasteiger partial charge in [0.25, 0.3) is 0 Å². The Bertz CT molecular complexity index is 447. The number of hydrogen-bond donors (Lipinski definition) is 2. The maximum atomic E-state index is 13.5. The smallest absolute Gasteiger partial charge is 0.132 e. The SMILES string of the molecule is Nc1[nH]ncc1-c1c(F)cccc1Br. The Balaban J connectivity index is 2.68. The molecule has 0 aliphatic heterocycles. The molecule has 0 spiro atoms. The highest BCUT2D eigenvalue weighted by Gasteiger charge is 2.12. The van der Waals surface area contributed by atoms with Crippen LogP contribution in [0.1, 0.15) is 0 Å². The van der Waals surface area contributed by atoms with Crippen molar-refractivity contribution in [2.24, 2.45) is 0 Å². The maximum absolute atomic E-state index is 13.5. The third-order valence-electron chi connectivity index (χ3n) is 1.90. The molecule has 3 nitrogen and oxygen atoms in total. The van der Waals surface area contributed by atoms with E-state index in [1.54, 1.807) is 12.1 Å². The summed E-state index contributed by atoms with van der Waals surface area (Å²) in [5, 5.41) is 6.30. The molecule has 0 unspecified atom stereocenters. The van der Waals surface area contributed by atoms with Crippen LogP contribution in [-0.2, 0) is 0 Å². The highest BCUT2D eigenvalue weighted by molar-refractivity contribution is 9.10. The molecule has 2 aromatic rings. The summed E-state index contributed by atoms with van der Waals surface area (Å²) in [5.74, 6) is 0.0308. The molecular formula is C9H7BrFN3. The molecule has 72 valence electrons. The van der Waals surface area contributed by atoms with Crippen LogP contribution in [0.2, 0.25) is 0 Å². The van der Waals surface area contributed by atoms with Crippen molar-refractivity contribution in [3.8, 4) is 11.1 Å². The molecule has 2 rings (SSSR count). The zero-order valence-electron chi connectivity index (χ0n) is 7.09. The van der Waals surface area contributed by atoms with Gasteiger partial charge in [-0.15, -0.1) is 0 Å². The first-order valence-electron chi connectivity index (χ1n) is 3.93. The second-order valence-corrected chi connectivity index (χ2v) is 3.65. The summed E-state index contributed by atoms with van der Waals surface area (Å²) >= 11 is 3.27. The van der Waals surface area contributed by atoms with Crippen LogP contribution in [0.25, 0.3) is 11.1 Å². The van der Waals surface area contributed by atoms with Gasteiger partial charge in [-0.3, -0.25) is 5.10 Å². The van der Waals surface area contributed by atoms with Crippen LogP contribution in [0.3, 0.4) is 0 Å². The minimum Gasteiger partial charge on any atom is -0.384 e. The van der Waals surface area contributed by atoms with Crippen LogP contribution in [0.5, 0.6) is 0 Å². The second kappa shape index (κ2) is 3.42. The monoisotopic (exact) mass is 255 g/mol. The number of nitrogens with zero attached hydrogens (tertiary/aromatic N) is 1. The van der Waals surface area contributed by atoms with Gasteiger partial charge in [-0.2, -0.15) is 5.10 Å². The van der Waals surface area contributed by atoms with Crippen LogP contribution in [0.4, 0.5) is 10.2 Å². The number of rotatable bonds is 1. The van der Waals surface area contributed by atoms with E-state index in [0.717, 1.165) is 0 Å². The van der Waals surface area contributed by atoms with Crippen molar-refractivity contribution < 1.29 is 4.39 Å². The van der Waals surface area contributed by atoms with E-state index in [9.17, 15) is 4.39 Å². The Labute approximate surface area is 88.3 Å². The minimum absolute atomic E-state index is 0.326. The lowest BCUT2D eigenvalue weighted by atomic mass is 10.1. The number of nitrogens with two attached hydrogens (primary N) is 1. The summed E-state index contributed by atoms with van der Waals surface area (Å²) in [4.78, 5) is 0. The van der Waals surface area contributed by atoms with Gasteiger partial charge in [0.15, 0.2) is 0 Å². The molecular weight excluding hydrogens is 249 g/mol. The van der Waals surface area contributed by atoms with Crippen LogP contribution in [0.15, 0.2) is 28.9 Å². The van der Waals surface area contributed by atoms with E-state index in [4.69, 9.17) is 5.73 Å². The number of nitrogens with one attached hydrogen (secondary N) is 1. The average molecular weight is 256 g/mol. The molecule has 0 bridgehead atoms. The summed E-state index contributed by atoms with van der Waals surface area (Å²) in [6, 6.07) is 4.76. The number of aromatic amines is 1. The van der Waals surface area contributed by atoms with Gasteiger partial charge in [0, 0.05) is 15.6 Å². The first-order chi connectivity index (χ1) is 6.70. The lowest BCUT2D eigenvalue weighted by Gasteiger charge is -2.03. The van der Waals surface area contributed by atoms with Crippen molar-refractivity contribution in [2.45, 2.75) is 0 Å². The van der Waals surface area contributed by atoms with Gasteiger partial charge >= 0.3 is 0 Å². The average Bonchev–Trinajstić information content (AvgIpc) is 2.52. The molecule has 0 saturated carbocycles. The summed E-state index contributed by atoms with van der Waals surface area (Å²) in [7, 11) is 0. The number of hydrogen-bond acceptors (Lipinski definition) is 2. The molecule has 0 aliphatic rings. The standard InChI is InChI=1S/C9H7BrFN3/c10-6-2-1-3-7(11)8(6)5-4-13-14-9(5)12/h1-4H,(H3,12,13,14). The van der Waals surface area contributed by atoms with Crippen molar-refractivity contribution in [3.05, 3.63) is 34.7 Å². The van der Waals surface area contributed by atoms with Gasteiger partial charge in [-0.1, -0.05) is 22.0 Å². The molecule has 0 aliphatic carbocycles. The highest BCUT2D eigenvalue weighted by Crippen LogP contribution is 2.32. The van der Waals surface area contributed by atoms with Crippen LogP contribution in [-0.4, -0.2) is 10.2 Å².